The van der Waals surface area contributed by atoms with Crippen LogP contribution in [0.1, 0.15) is 16.8 Å². The number of fused-ring (bicyclic) bond motifs is 1. The Morgan fingerprint density at radius 3 is 2.60 bits per heavy atom. The summed E-state index contributed by atoms with van der Waals surface area (Å²) in [6.07, 6.45) is 1.18. The van der Waals surface area contributed by atoms with Gasteiger partial charge in [0, 0.05) is 18.5 Å². The third-order valence-corrected chi connectivity index (χ3v) is 4.91. The predicted octanol–water partition coefficient (Wildman–Crippen LogP) is 2.24. The summed E-state index contributed by atoms with van der Waals surface area (Å²) in [5.41, 5.74) is 9.23. The molecule has 2 heterocycles. The second-order valence-electron chi connectivity index (χ2n) is 5.98. The van der Waals surface area contributed by atoms with Crippen molar-refractivity contribution >= 4 is 32.6 Å². The Morgan fingerprint density at radius 1 is 1.12 bits per heavy atom. The van der Waals surface area contributed by atoms with Crippen LogP contribution >= 0.6 is 0 Å². The largest absolute Gasteiger partial charge is 0.383 e. The number of nitrogens with two attached hydrogens (primary N) is 1. The van der Waals surface area contributed by atoms with Crippen molar-refractivity contribution in [3.05, 3.63) is 47.2 Å². The lowest BCUT2D eigenvalue weighted by molar-refractivity contribution is 0.601. The summed E-state index contributed by atoms with van der Waals surface area (Å²) in [5, 5.41) is 3.82. The van der Waals surface area contributed by atoms with E-state index in [4.69, 9.17) is 5.73 Å². The number of hydrogen-bond acceptors (Lipinski definition) is 7. The van der Waals surface area contributed by atoms with Gasteiger partial charge in [-0.1, -0.05) is 12.1 Å². The Kier molecular flexibility index (Phi) is 4.30. The summed E-state index contributed by atoms with van der Waals surface area (Å²) in [6, 6.07) is 8.67. The average molecular weight is 357 g/mol. The summed E-state index contributed by atoms with van der Waals surface area (Å²) in [4.78, 5) is 13.4. The average Bonchev–Trinajstić information content (AvgIpc) is 2.51. The van der Waals surface area contributed by atoms with Crippen LogP contribution in [0.15, 0.2) is 35.2 Å². The van der Waals surface area contributed by atoms with E-state index in [1.807, 2.05) is 26.0 Å². The molecule has 0 amide bonds. The summed E-state index contributed by atoms with van der Waals surface area (Å²) >= 11 is 0. The lowest BCUT2D eigenvalue weighted by Crippen LogP contribution is -2.08. The second-order valence-corrected chi connectivity index (χ2v) is 8.00. The summed E-state index contributed by atoms with van der Waals surface area (Å²) in [6.45, 7) is 4.22. The van der Waals surface area contributed by atoms with Crippen LogP contribution < -0.4 is 11.1 Å². The van der Waals surface area contributed by atoms with Crippen LogP contribution in [0.25, 0.3) is 11.0 Å². The third kappa shape index (κ3) is 3.69. The maximum Gasteiger partial charge on any atom is 0.226 e. The Morgan fingerprint density at radius 2 is 1.88 bits per heavy atom. The molecule has 0 aliphatic carbocycles. The third-order valence-electron chi connectivity index (χ3n) is 3.80. The quantitative estimate of drug-likeness (QED) is 0.736. The fourth-order valence-electron chi connectivity index (χ4n) is 2.66. The molecule has 3 rings (SSSR count). The van der Waals surface area contributed by atoms with Crippen LogP contribution in [0.3, 0.4) is 0 Å². The molecule has 25 heavy (non-hydrogen) atoms. The molecule has 0 aliphatic heterocycles. The van der Waals surface area contributed by atoms with Gasteiger partial charge in [-0.3, -0.25) is 0 Å². The number of sulfone groups is 1. The van der Waals surface area contributed by atoms with Gasteiger partial charge in [-0.05, 0) is 43.2 Å². The first-order chi connectivity index (χ1) is 11.7. The van der Waals surface area contributed by atoms with E-state index in [0.29, 0.717) is 24.0 Å². The molecule has 0 fully saturated rings. The van der Waals surface area contributed by atoms with Gasteiger partial charge >= 0.3 is 0 Å². The zero-order chi connectivity index (χ0) is 18.2. The fraction of sp³-hybridized carbons (Fsp3) is 0.235. The minimum Gasteiger partial charge on any atom is -0.383 e. The minimum atomic E-state index is -3.24. The van der Waals surface area contributed by atoms with Crippen LogP contribution in [0, 0.1) is 13.8 Å². The van der Waals surface area contributed by atoms with E-state index < -0.39 is 9.84 Å². The van der Waals surface area contributed by atoms with Gasteiger partial charge in [-0.25, -0.2) is 13.4 Å². The molecule has 8 heteroatoms. The summed E-state index contributed by atoms with van der Waals surface area (Å²) in [7, 11) is -3.24. The number of aryl methyl sites for hydroxylation is 2. The monoisotopic (exact) mass is 357 g/mol. The van der Waals surface area contributed by atoms with Gasteiger partial charge in [0.2, 0.25) is 5.95 Å². The lowest BCUT2D eigenvalue weighted by atomic mass is 10.1. The normalized spacial score (nSPS) is 11.6. The van der Waals surface area contributed by atoms with Gasteiger partial charge in [0.25, 0.3) is 0 Å². The molecular weight excluding hydrogens is 338 g/mol. The number of nitrogen functional groups attached to an aromatic ring is 1. The first-order valence-electron chi connectivity index (χ1n) is 7.68. The molecule has 0 spiro atoms. The number of hydrogen-bond donors (Lipinski definition) is 2. The molecule has 0 saturated heterocycles. The van der Waals surface area contributed by atoms with E-state index >= 15 is 0 Å². The molecule has 130 valence electrons. The smallest absolute Gasteiger partial charge is 0.226 e. The zero-order valence-electron chi connectivity index (χ0n) is 14.2. The number of nitrogens with one attached hydrogen (secondary N) is 1. The molecule has 0 atom stereocenters. The van der Waals surface area contributed by atoms with Crippen LogP contribution in [-0.4, -0.2) is 29.6 Å². The van der Waals surface area contributed by atoms with Crippen molar-refractivity contribution in [2.75, 3.05) is 17.3 Å². The highest BCUT2D eigenvalue weighted by molar-refractivity contribution is 7.90. The van der Waals surface area contributed by atoms with Gasteiger partial charge in [-0.2, -0.15) is 9.97 Å². The maximum atomic E-state index is 11.6. The summed E-state index contributed by atoms with van der Waals surface area (Å²) < 4.78 is 23.3. The number of nitrogens with zero attached hydrogens (tertiary/aromatic N) is 3. The van der Waals surface area contributed by atoms with E-state index in [9.17, 15) is 8.42 Å². The first kappa shape index (κ1) is 17.1. The van der Waals surface area contributed by atoms with Crippen molar-refractivity contribution in [2.45, 2.75) is 25.3 Å². The predicted molar refractivity (Wildman–Crippen MR) is 98.1 cm³/mol. The van der Waals surface area contributed by atoms with Gasteiger partial charge in [0.05, 0.1) is 10.3 Å². The van der Waals surface area contributed by atoms with E-state index in [1.165, 1.54) is 6.26 Å². The Bertz CT molecular complexity index is 1060. The highest BCUT2D eigenvalue weighted by atomic mass is 32.2. The van der Waals surface area contributed by atoms with E-state index in [0.717, 1.165) is 22.2 Å². The SMILES string of the molecule is Cc1cc(C)c2c(N)nc(NCc3cccc(S(C)(=O)=O)c3)nc2n1. The molecule has 1 aromatic carbocycles. The molecule has 0 unspecified atom stereocenters. The van der Waals surface area contributed by atoms with E-state index in [2.05, 4.69) is 20.3 Å². The first-order valence-corrected chi connectivity index (χ1v) is 9.57. The Hall–Kier alpha value is -2.74. The Balaban J connectivity index is 1.89. The van der Waals surface area contributed by atoms with Crippen molar-refractivity contribution in [2.24, 2.45) is 0 Å². The molecule has 7 nitrogen and oxygen atoms in total. The van der Waals surface area contributed by atoms with E-state index in [1.54, 1.807) is 18.2 Å². The minimum absolute atomic E-state index is 0.277. The maximum absolute atomic E-state index is 11.6. The number of benzene rings is 1. The van der Waals surface area contributed by atoms with Crippen LogP contribution in [-0.2, 0) is 16.4 Å². The number of aromatic nitrogens is 3. The van der Waals surface area contributed by atoms with Gasteiger partial charge in [0.1, 0.15) is 5.82 Å². The van der Waals surface area contributed by atoms with Gasteiger partial charge in [-0.15, -0.1) is 0 Å². The van der Waals surface area contributed by atoms with Gasteiger partial charge in [0.15, 0.2) is 15.5 Å². The topological polar surface area (TPSA) is 111 Å². The van der Waals surface area contributed by atoms with Crippen LogP contribution in [0.4, 0.5) is 11.8 Å². The molecule has 0 radical (unpaired) electrons. The number of pyridine rings is 1. The van der Waals surface area contributed by atoms with Crippen molar-refractivity contribution < 1.29 is 8.42 Å². The fourth-order valence-corrected chi connectivity index (χ4v) is 3.35. The van der Waals surface area contributed by atoms with E-state index in [-0.39, 0.29) is 4.90 Å². The van der Waals surface area contributed by atoms with Crippen LogP contribution in [0.5, 0.6) is 0 Å². The van der Waals surface area contributed by atoms with Crippen molar-refractivity contribution in [3.63, 3.8) is 0 Å². The van der Waals surface area contributed by atoms with Gasteiger partial charge < -0.3 is 11.1 Å². The van der Waals surface area contributed by atoms with Crippen LogP contribution in [0.2, 0.25) is 0 Å². The molecular formula is C17H19N5O2S. The molecule has 2 aromatic heterocycles. The molecule has 3 aromatic rings. The zero-order valence-corrected chi connectivity index (χ0v) is 15.1. The number of anilines is 2. The Labute approximate surface area is 146 Å². The van der Waals surface area contributed by atoms with Crippen molar-refractivity contribution in [1.29, 1.82) is 0 Å². The van der Waals surface area contributed by atoms with Crippen molar-refractivity contribution in [3.8, 4) is 0 Å². The lowest BCUT2D eigenvalue weighted by Gasteiger charge is -2.10. The number of rotatable bonds is 4. The molecule has 0 bridgehead atoms. The highest BCUT2D eigenvalue weighted by Crippen LogP contribution is 2.23. The second kappa shape index (κ2) is 6.29. The molecule has 0 saturated carbocycles. The highest BCUT2D eigenvalue weighted by Gasteiger charge is 2.11. The molecule has 3 N–H and O–H groups in total. The summed E-state index contributed by atoms with van der Waals surface area (Å²) in [5.74, 6) is 0.717. The standard InChI is InChI=1S/C17H19N5O2S/c1-10-7-11(2)20-16-14(10)15(18)21-17(22-16)19-9-12-5-4-6-13(8-12)25(3,23)24/h4-8H,9H2,1-3H3,(H3,18,19,20,21,22). The molecule has 0 aliphatic rings. The van der Waals surface area contributed by atoms with Crippen molar-refractivity contribution in [1.82, 2.24) is 15.0 Å².